The molecule has 1 saturated heterocycles. The summed E-state index contributed by atoms with van der Waals surface area (Å²) in [6.07, 6.45) is 0.0692. The second kappa shape index (κ2) is 4.09. The SMILES string of the molecule is Nc1ccc(F)cc1C(=O)N1CCC(O)C1. The Hall–Kier alpha value is -1.62. The third-order valence-corrected chi connectivity index (χ3v) is 2.70. The van der Waals surface area contributed by atoms with Gasteiger partial charge >= 0.3 is 0 Å². The molecule has 2 rings (SSSR count). The molecule has 0 aromatic heterocycles. The third-order valence-electron chi connectivity index (χ3n) is 2.70. The molecule has 0 radical (unpaired) electrons. The molecule has 0 spiro atoms. The lowest BCUT2D eigenvalue weighted by Crippen LogP contribution is -2.30. The zero-order valence-corrected chi connectivity index (χ0v) is 8.69. The van der Waals surface area contributed by atoms with Crippen molar-refractivity contribution in [2.45, 2.75) is 12.5 Å². The Bertz CT molecular complexity index is 422. The van der Waals surface area contributed by atoms with Crippen molar-refractivity contribution in [1.29, 1.82) is 0 Å². The number of aliphatic hydroxyl groups excluding tert-OH is 1. The van der Waals surface area contributed by atoms with Crippen LogP contribution in [0.5, 0.6) is 0 Å². The average molecular weight is 224 g/mol. The van der Waals surface area contributed by atoms with Crippen molar-refractivity contribution in [2.75, 3.05) is 18.8 Å². The highest BCUT2D eigenvalue weighted by Crippen LogP contribution is 2.19. The van der Waals surface area contributed by atoms with Crippen LogP contribution in [-0.2, 0) is 0 Å². The van der Waals surface area contributed by atoms with Gasteiger partial charge in [0.1, 0.15) is 5.82 Å². The molecule has 1 heterocycles. The maximum absolute atomic E-state index is 13.0. The van der Waals surface area contributed by atoms with Crippen molar-refractivity contribution < 1.29 is 14.3 Å². The van der Waals surface area contributed by atoms with Crippen LogP contribution in [0.25, 0.3) is 0 Å². The van der Waals surface area contributed by atoms with Crippen molar-refractivity contribution in [2.24, 2.45) is 0 Å². The highest BCUT2D eigenvalue weighted by Gasteiger charge is 2.26. The Morgan fingerprint density at radius 2 is 2.31 bits per heavy atom. The number of rotatable bonds is 1. The predicted molar refractivity (Wildman–Crippen MR) is 57.3 cm³/mol. The minimum absolute atomic E-state index is 0.161. The van der Waals surface area contributed by atoms with Gasteiger partial charge < -0.3 is 15.7 Å². The average Bonchev–Trinajstić information content (AvgIpc) is 2.67. The van der Waals surface area contributed by atoms with Crippen molar-refractivity contribution >= 4 is 11.6 Å². The van der Waals surface area contributed by atoms with E-state index >= 15 is 0 Å². The van der Waals surface area contributed by atoms with E-state index < -0.39 is 11.9 Å². The first-order valence-corrected chi connectivity index (χ1v) is 5.10. The van der Waals surface area contributed by atoms with Gasteiger partial charge in [-0.2, -0.15) is 0 Å². The lowest BCUT2D eigenvalue weighted by atomic mass is 10.1. The number of nitrogens with zero attached hydrogens (tertiary/aromatic N) is 1. The quantitative estimate of drug-likeness (QED) is 0.687. The number of β-amino-alcohol motifs (C(OH)–C–C–N with tert-alkyl or cyclic N) is 1. The summed E-state index contributed by atoms with van der Waals surface area (Å²) in [6.45, 7) is 0.769. The van der Waals surface area contributed by atoms with Crippen molar-refractivity contribution in [3.05, 3.63) is 29.6 Å². The highest BCUT2D eigenvalue weighted by molar-refractivity contribution is 5.99. The summed E-state index contributed by atoms with van der Waals surface area (Å²) in [5.41, 5.74) is 6.03. The molecule has 1 atom stereocenters. The number of aliphatic hydroxyl groups is 1. The molecule has 4 nitrogen and oxygen atoms in total. The molecule has 0 aliphatic carbocycles. The molecule has 1 aromatic carbocycles. The number of amides is 1. The fourth-order valence-corrected chi connectivity index (χ4v) is 1.81. The molecular formula is C11H13FN2O2. The summed E-state index contributed by atoms with van der Waals surface area (Å²) in [6, 6.07) is 3.71. The molecule has 1 amide bonds. The van der Waals surface area contributed by atoms with E-state index in [9.17, 15) is 14.3 Å². The van der Waals surface area contributed by atoms with Gasteiger partial charge in [0.05, 0.1) is 11.7 Å². The maximum Gasteiger partial charge on any atom is 0.256 e. The molecule has 1 aliphatic rings. The van der Waals surface area contributed by atoms with Crippen molar-refractivity contribution in [3.8, 4) is 0 Å². The minimum atomic E-state index is -0.489. The van der Waals surface area contributed by atoms with Gasteiger partial charge in [-0.1, -0.05) is 0 Å². The van der Waals surface area contributed by atoms with E-state index in [0.29, 0.717) is 13.0 Å². The van der Waals surface area contributed by atoms with Gasteiger partial charge in [0.25, 0.3) is 5.91 Å². The molecule has 1 fully saturated rings. The zero-order valence-electron chi connectivity index (χ0n) is 8.69. The first-order valence-electron chi connectivity index (χ1n) is 5.10. The normalized spacial score (nSPS) is 20.1. The van der Waals surface area contributed by atoms with Gasteiger partial charge in [0, 0.05) is 18.8 Å². The number of benzene rings is 1. The van der Waals surface area contributed by atoms with E-state index in [1.807, 2.05) is 0 Å². The Morgan fingerprint density at radius 3 is 2.94 bits per heavy atom. The summed E-state index contributed by atoms with van der Waals surface area (Å²) in [5, 5.41) is 9.32. The number of carbonyl (C=O) groups excluding carboxylic acids is 1. The first-order chi connectivity index (χ1) is 7.58. The molecule has 1 aliphatic heterocycles. The smallest absolute Gasteiger partial charge is 0.256 e. The van der Waals surface area contributed by atoms with Crippen LogP contribution in [0.3, 0.4) is 0 Å². The van der Waals surface area contributed by atoms with Crippen LogP contribution < -0.4 is 5.73 Å². The number of nitrogens with two attached hydrogens (primary N) is 1. The summed E-state index contributed by atoms with van der Waals surface area (Å²) >= 11 is 0. The molecule has 86 valence electrons. The van der Waals surface area contributed by atoms with Gasteiger partial charge in [-0.3, -0.25) is 4.79 Å². The lowest BCUT2D eigenvalue weighted by Gasteiger charge is -2.16. The van der Waals surface area contributed by atoms with Crippen molar-refractivity contribution in [1.82, 2.24) is 4.90 Å². The Balaban J connectivity index is 2.23. The van der Waals surface area contributed by atoms with Crippen LogP contribution in [-0.4, -0.2) is 35.1 Å². The van der Waals surface area contributed by atoms with Crippen molar-refractivity contribution in [3.63, 3.8) is 0 Å². The standard InChI is InChI=1S/C11H13FN2O2/c12-7-1-2-10(13)9(5-7)11(16)14-4-3-8(15)6-14/h1-2,5,8,15H,3-4,6,13H2. The number of hydrogen-bond donors (Lipinski definition) is 2. The summed E-state index contributed by atoms with van der Waals surface area (Å²) in [7, 11) is 0. The van der Waals surface area contributed by atoms with E-state index in [0.717, 1.165) is 6.07 Å². The second-order valence-electron chi connectivity index (χ2n) is 3.93. The second-order valence-corrected chi connectivity index (χ2v) is 3.93. The number of nitrogen functional groups attached to an aromatic ring is 1. The van der Waals surface area contributed by atoms with Gasteiger partial charge in [0.15, 0.2) is 0 Å². The molecule has 0 bridgehead atoms. The van der Waals surface area contributed by atoms with E-state index in [1.54, 1.807) is 0 Å². The molecule has 0 saturated carbocycles. The number of halogens is 1. The van der Waals surface area contributed by atoms with Crippen LogP contribution in [0.1, 0.15) is 16.8 Å². The zero-order chi connectivity index (χ0) is 11.7. The summed E-state index contributed by atoms with van der Waals surface area (Å²) in [4.78, 5) is 13.4. The van der Waals surface area contributed by atoms with Crippen LogP contribution in [0.4, 0.5) is 10.1 Å². The minimum Gasteiger partial charge on any atom is -0.398 e. The van der Waals surface area contributed by atoms with Gasteiger partial charge in [-0.25, -0.2) is 4.39 Å². The van der Waals surface area contributed by atoms with Gasteiger partial charge in [0.2, 0.25) is 0 Å². The molecular weight excluding hydrogens is 211 g/mol. The van der Waals surface area contributed by atoms with E-state index in [2.05, 4.69) is 0 Å². The fraction of sp³-hybridized carbons (Fsp3) is 0.364. The topological polar surface area (TPSA) is 66.6 Å². The molecule has 3 N–H and O–H groups in total. The Labute approximate surface area is 92.5 Å². The van der Waals surface area contributed by atoms with Crippen LogP contribution in [0.2, 0.25) is 0 Å². The van der Waals surface area contributed by atoms with E-state index in [1.165, 1.54) is 17.0 Å². The first kappa shape index (κ1) is 10.9. The Morgan fingerprint density at radius 1 is 1.56 bits per heavy atom. The van der Waals surface area contributed by atoms with E-state index in [4.69, 9.17) is 5.73 Å². The van der Waals surface area contributed by atoms with Crippen LogP contribution in [0.15, 0.2) is 18.2 Å². The number of carbonyl (C=O) groups is 1. The third kappa shape index (κ3) is 1.99. The Kier molecular flexibility index (Phi) is 2.78. The van der Waals surface area contributed by atoms with Crippen LogP contribution >= 0.6 is 0 Å². The summed E-state index contributed by atoms with van der Waals surface area (Å²) in [5.74, 6) is -0.814. The largest absolute Gasteiger partial charge is 0.398 e. The molecule has 16 heavy (non-hydrogen) atoms. The predicted octanol–water partition coefficient (Wildman–Crippen LogP) is 0.615. The lowest BCUT2D eigenvalue weighted by molar-refractivity contribution is 0.0765. The number of likely N-dealkylation sites (tertiary alicyclic amines) is 1. The maximum atomic E-state index is 13.0. The number of anilines is 1. The van der Waals surface area contributed by atoms with E-state index in [-0.39, 0.29) is 23.7 Å². The van der Waals surface area contributed by atoms with Crippen LogP contribution in [0, 0.1) is 5.82 Å². The monoisotopic (exact) mass is 224 g/mol. The molecule has 1 aromatic rings. The highest BCUT2D eigenvalue weighted by atomic mass is 19.1. The number of hydrogen-bond acceptors (Lipinski definition) is 3. The summed E-state index contributed by atoms with van der Waals surface area (Å²) < 4.78 is 13.0. The van der Waals surface area contributed by atoms with Gasteiger partial charge in [-0.15, -0.1) is 0 Å². The molecule has 1 unspecified atom stereocenters. The fourth-order valence-electron chi connectivity index (χ4n) is 1.81. The molecule has 5 heteroatoms. The van der Waals surface area contributed by atoms with Gasteiger partial charge in [-0.05, 0) is 24.6 Å².